The van der Waals surface area contributed by atoms with Crippen LogP contribution >= 0.6 is 23.1 Å². The number of aromatic nitrogens is 3. The predicted octanol–water partition coefficient (Wildman–Crippen LogP) is 2.13. The van der Waals surface area contributed by atoms with Gasteiger partial charge < -0.3 is 4.52 Å². The fourth-order valence-electron chi connectivity index (χ4n) is 0.782. The molecular weight excluding hydrogens is 206 g/mol. The van der Waals surface area contributed by atoms with Crippen LogP contribution in [0.3, 0.4) is 0 Å². The normalized spacial score (nSPS) is 10.5. The number of nitrogens with zero attached hydrogens (tertiary/aromatic N) is 3. The van der Waals surface area contributed by atoms with Gasteiger partial charge in [0, 0.05) is 11.1 Å². The molecule has 0 N–H and O–H groups in total. The van der Waals surface area contributed by atoms with E-state index in [0.29, 0.717) is 11.6 Å². The van der Waals surface area contributed by atoms with Crippen LogP contribution < -0.4 is 0 Å². The topological polar surface area (TPSA) is 51.8 Å². The number of aryl methyl sites for hydroxylation is 1. The van der Waals surface area contributed by atoms with Crippen molar-refractivity contribution < 1.29 is 4.52 Å². The van der Waals surface area contributed by atoms with Crippen LogP contribution in [-0.2, 0) is 5.75 Å². The predicted molar refractivity (Wildman–Crippen MR) is 50.7 cm³/mol. The average molecular weight is 213 g/mol. The molecular formula is C7H7N3OS2. The molecule has 68 valence electrons. The van der Waals surface area contributed by atoms with Crippen LogP contribution in [-0.4, -0.2) is 15.1 Å². The van der Waals surface area contributed by atoms with E-state index in [-0.39, 0.29) is 0 Å². The van der Waals surface area contributed by atoms with Crippen LogP contribution in [0.2, 0.25) is 0 Å². The second-order valence-corrected chi connectivity index (χ2v) is 4.46. The number of thiazole rings is 1. The zero-order valence-electron chi connectivity index (χ0n) is 6.93. The zero-order chi connectivity index (χ0) is 9.10. The number of hydrogen-bond donors (Lipinski definition) is 0. The third kappa shape index (κ3) is 2.28. The molecule has 0 atom stereocenters. The van der Waals surface area contributed by atoms with Crippen LogP contribution in [0.4, 0.5) is 0 Å². The Bertz CT molecular complexity index is 371. The second-order valence-electron chi connectivity index (χ2n) is 2.38. The van der Waals surface area contributed by atoms with Crippen molar-refractivity contribution in [2.45, 2.75) is 17.0 Å². The highest BCUT2D eigenvalue weighted by Gasteiger charge is 2.03. The van der Waals surface area contributed by atoms with E-state index in [1.807, 2.05) is 12.3 Å². The minimum Gasteiger partial charge on any atom is -0.339 e. The Morgan fingerprint density at radius 2 is 2.54 bits per heavy atom. The molecule has 0 aliphatic heterocycles. The molecule has 13 heavy (non-hydrogen) atoms. The molecule has 0 bridgehead atoms. The summed E-state index contributed by atoms with van der Waals surface area (Å²) in [5.74, 6) is 1.32. The van der Waals surface area contributed by atoms with E-state index >= 15 is 0 Å². The lowest BCUT2D eigenvalue weighted by molar-refractivity contribution is 0.390. The molecule has 0 unspecified atom stereocenters. The van der Waals surface area contributed by atoms with Gasteiger partial charge in [0.25, 0.3) is 0 Å². The van der Waals surface area contributed by atoms with E-state index in [1.54, 1.807) is 23.1 Å². The molecule has 0 saturated heterocycles. The molecule has 2 aromatic rings. The van der Waals surface area contributed by atoms with Crippen molar-refractivity contribution >= 4 is 23.1 Å². The zero-order valence-corrected chi connectivity index (χ0v) is 8.56. The molecule has 0 saturated carbocycles. The Morgan fingerprint density at radius 1 is 1.62 bits per heavy atom. The first-order chi connectivity index (χ1) is 6.34. The smallest absolute Gasteiger partial charge is 0.236 e. The van der Waals surface area contributed by atoms with Crippen molar-refractivity contribution in [1.82, 2.24) is 15.1 Å². The number of thioether (sulfide) groups is 1. The van der Waals surface area contributed by atoms with Gasteiger partial charge in [-0.3, -0.25) is 0 Å². The molecule has 2 aromatic heterocycles. The first-order valence-corrected chi connectivity index (χ1v) is 5.51. The first kappa shape index (κ1) is 8.71. The van der Waals surface area contributed by atoms with Gasteiger partial charge in [-0.1, -0.05) is 16.9 Å². The summed E-state index contributed by atoms with van der Waals surface area (Å²) in [4.78, 5) is 8.22. The monoisotopic (exact) mass is 213 g/mol. The van der Waals surface area contributed by atoms with Crippen LogP contribution in [0, 0.1) is 6.92 Å². The minimum absolute atomic E-state index is 0.637. The molecule has 0 fully saturated rings. The third-order valence-corrected chi connectivity index (χ3v) is 3.45. The summed E-state index contributed by atoms with van der Waals surface area (Å²) in [7, 11) is 0. The van der Waals surface area contributed by atoms with Crippen molar-refractivity contribution in [3.8, 4) is 0 Å². The summed E-state index contributed by atoms with van der Waals surface area (Å²) >= 11 is 3.24. The van der Waals surface area contributed by atoms with E-state index in [4.69, 9.17) is 4.52 Å². The minimum atomic E-state index is 0.637. The van der Waals surface area contributed by atoms with Gasteiger partial charge in [0.15, 0.2) is 10.7 Å². The Balaban J connectivity index is 1.93. The van der Waals surface area contributed by atoms with Crippen molar-refractivity contribution in [2.75, 3.05) is 0 Å². The van der Waals surface area contributed by atoms with Gasteiger partial charge in [0.2, 0.25) is 5.89 Å². The lowest BCUT2D eigenvalue weighted by Gasteiger charge is -1.89. The van der Waals surface area contributed by atoms with E-state index in [2.05, 4.69) is 15.1 Å². The Labute approximate surface area is 83.4 Å². The fraction of sp³-hybridized carbons (Fsp3) is 0.286. The standard InChI is InChI=1S/C7H7N3OS2/c1-5-2-12-7(10-5)13-3-6-8-4-9-11-6/h2,4H,3H2,1H3. The van der Waals surface area contributed by atoms with Crippen LogP contribution in [0.15, 0.2) is 20.6 Å². The molecule has 0 radical (unpaired) electrons. The molecule has 6 heteroatoms. The lowest BCUT2D eigenvalue weighted by atomic mass is 10.6. The van der Waals surface area contributed by atoms with Crippen LogP contribution in [0.5, 0.6) is 0 Å². The summed E-state index contributed by atoms with van der Waals surface area (Å²) < 4.78 is 5.89. The maximum Gasteiger partial charge on any atom is 0.236 e. The van der Waals surface area contributed by atoms with Crippen molar-refractivity contribution in [3.63, 3.8) is 0 Å². The lowest BCUT2D eigenvalue weighted by Crippen LogP contribution is -1.78. The van der Waals surface area contributed by atoms with Gasteiger partial charge in [-0.2, -0.15) is 4.98 Å². The van der Waals surface area contributed by atoms with Crippen molar-refractivity contribution in [3.05, 3.63) is 23.3 Å². The SMILES string of the molecule is Cc1csc(SCc2ncno2)n1. The summed E-state index contributed by atoms with van der Waals surface area (Å²) in [5, 5.41) is 5.55. The molecule has 0 spiro atoms. The highest BCUT2D eigenvalue weighted by molar-refractivity contribution is 8.00. The Hall–Kier alpha value is -0.880. The van der Waals surface area contributed by atoms with Gasteiger partial charge in [-0.25, -0.2) is 4.98 Å². The van der Waals surface area contributed by atoms with Crippen LogP contribution in [0.1, 0.15) is 11.6 Å². The van der Waals surface area contributed by atoms with Crippen molar-refractivity contribution in [2.24, 2.45) is 0 Å². The number of hydrogen-bond acceptors (Lipinski definition) is 6. The summed E-state index contributed by atoms with van der Waals surface area (Å²) in [6.45, 7) is 1.98. The van der Waals surface area contributed by atoms with E-state index < -0.39 is 0 Å². The van der Waals surface area contributed by atoms with Gasteiger partial charge in [-0.05, 0) is 6.92 Å². The van der Waals surface area contributed by atoms with E-state index in [0.717, 1.165) is 10.0 Å². The van der Waals surface area contributed by atoms with Crippen molar-refractivity contribution in [1.29, 1.82) is 0 Å². The van der Waals surface area contributed by atoms with Crippen LogP contribution in [0.25, 0.3) is 0 Å². The number of rotatable bonds is 3. The molecule has 0 aliphatic carbocycles. The second kappa shape index (κ2) is 3.89. The molecule has 0 aromatic carbocycles. The maximum atomic E-state index is 4.86. The molecule has 2 heterocycles. The van der Waals surface area contributed by atoms with Gasteiger partial charge in [0.05, 0.1) is 5.75 Å². The quantitative estimate of drug-likeness (QED) is 0.731. The third-order valence-electron chi connectivity index (χ3n) is 1.32. The van der Waals surface area contributed by atoms with E-state index in [1.165, 1.54) is 6.33 Å². The highest BCUT2D eigenvalue weighted by atomic mass is 32.2. The summed E-state index contributed by atoms with van der Waals surface area (Å²) in [6.07, 6.45) is 1.41. The van der Waals surface area contributed by atoms with Gasteiger partial charge >= 0.3 is 0 Å². The largest absolute Gasteiger partial charge is 0.339 e. The summed E-state index contributed by atoms with van der Waals surface area (Å²) in [5.41, 5.74) is 1.05. The average Bonchev–Trinajstić information content (AvgIpc) is 2.71. The van der Waals surface area contributed by atoms with Gasteiger partial charge in [0.1, 0.15) is 0 Å². The van der Waals surface area contributed by atoms with E-state index in [9.17, 15) is 0 Å². The van der Waals surface area contributed by atoms with Gasteiger partial charge in [-0.15, -0.1) is 11.3 Å². The highest BCUT2D eigenvalue weighted by Crippen LogP contribution is 2.24. The Morgan fingerprint density at radius 3 is 3.15 bits per heavy atom. The molecule has 0 aliphatic rings. The molecule has 0 amide bonds. The maximum absolute atomic E-state index is 4.86. The molecule has 2 rings (SSSR count). The fourth-order valence-corrected chi connectivity index (χ4v) is 2.48. The summed E-state index contributed by atoms with van der Waals surface area (Å²) in [6, 6.07) is 0. The molecule has 4 nitrogen and oxygen atoms in total. The first-order valence-electron chi connectivity index (χ1n) is 3.65. The Kier molecular flexibility index (Phi) is 2.60.